The average Bonchev–Trinajstić information content (AvgIpc) is 3.33. The molecule has 0 aliphatic heterocycles. The predicted octanol–water partition coefficient (Wildman–Crippen LogP) is 4.46. The summed E-state index contributed by atoms with van der Waals surface area (Å²) in [6.45, 7) is 2.04. The van der Waals surface area contributed by atoms with E-state index in [-0.39, 0.29) is 11.9 Å². The third kappa shape index (κ3) is 3.69. The Morgan fingerprint density at radius 2 is 1.86 bits per heavy atom. The number of aryl methyl sites for hydroxylation is 1. The molecule has 1 fully saturated rings. The van der Waals surface area contributed by atoms with Gasteiger partial charge in [0, 0.05) is 5.02 Å². The monoisotopic (exact) mass is 313 g/mol. The third-order valence-corrected chi connectivity index (χ3v) is 4.50. The van der Waals surface area contributed by atoms with Crippen LogP contribution in [0.5, 0.6) is 0 Å². The molecule has 1 saturated carbocycles. The van der Waals surface area contributed by atoms with Gasteiger partial charge in [-0.05, 0) is 54.5 Å². The second-order valence-corrected chi connectivity index (χ2v) is 6.47. The highest BCUT2D eigenvalue weighted by Gasteiger charge is 2.33. The summed E-state index contributed by atoms with van der Waals surface area (Å²) in [6.07, 6.45) is 2.79. The molecular weight excluding hydrogens is 294 g/mol. The van der Waals surface area contributed by atoms with Crippen LogP contribution in [-0.2, 0) is 11.2 Å². The number of carbonyl (C=O) groups is 1. The SMILES string of the molecule is Cc1ccccc1CC(=O)NC(c1ccc(Cl)cc1)C1CC1. The Labute approximate surface area is 136 Å². The molecule has 1 atom stereocenters. The standard InChI is InChI=1S/C19H20ClNO/c1-13-4-2-3-5-16(13)12-18(22)21-19(14-6-7-14)15-8-10-17(20)11-9-15/h2-5,8-11,14,19H,6-7,12H2,1H3,(H,21,22). The molecule has 0 saturated heterocycles. The van der Waals surface area contributed by atoms with E-state index in [1.165, 1.54) is 12.8 Å². The molecule has 22 heavy (non-hydrogen) atoms. The highest BCUT2D eigenvalue weighted by atomic mass is 35.5. The first kappa shape index (κ1) is 15.1. The quantitative estimate of drug-likeness (QED) is 0.867. The molecule has 2 aromatic carbocycles. The lowest BCUT2D eigenvalue weighted by Crippen LogP contribution is -2.31. The lowest BCUT2D eigenvalue weighted by molar-refractivity contribution is -0.121. The van der Waals surface area contributed by atoms with Crippen LogP contribution >= 0.6 is 11.6 Å². The van der Waals surface area contributed by atoms with Crippen LogP contribution in [0.25, 0.3) is 0 Å². The topological polar surface area (TPSA) is 29.1 Å². The molecule has 3 heteroatoms. The first-order valence-corrected chi connectivity index (χ1v) is 8.10. The van der Waals surface area contributed by atoms with Crippen molar-refractivity contribution in [2.24, 2.45) is 5.92 Å². The number of hydrogen-bond acceptors (Lipinski definition) is 1. The summed E-state index contributed by atoms with van der Waals surface area (Å²) in [7, 11) is 0. The molecule has 0 spiro atoms. The van der Waals surface area contributed by atoms with Crippen molar-refractivity contribution in [3.63, 3.8) is 0 Å². The number of nitrogens with one attached hydrogen (secondary N) is 1. The second-order valence-electron chi connectivity index (χ2n) is 6.04. The summed E-state index contributed by atoms with van der Waals surface area (Å²) < 4.78 is 0. The predicted molar refractivity (Wildman–Crippen MR) is 89.9 cm³/mol. The Bertz CT molecular complexity index is 661. The largest absolute Gasteiger partial charge is 0.349 e. The minimum Gasteiger partial charge on any atom is -0.349 e. The molecule has 0 aromatic heterocycles. The van der Waals surface area contributed by atoms with E-state index in [9.17, 15) is 4.79 Å². The molecule has 0 heterocycles. The van der Waals surface area contributed by atoms with Crippen molar-refractivity contribution < 1.29 is 4.79 Å². The van der Waals surface area contributed by atoms with E-state index in [1.807, 2.05) is 55.5 Å². The molecule has 114 valence electrons. The second kappa shape index (κ2) is 6.53. The van der Waals surface area contributed by atoms with Gasteiger partial charge in [0.05, 0.1) is 12.5 Å². The Kier molecular flexibility index (Phi) is 4.49. The van der Waals surface area contributed by atoms with Crippen LogP contribution in [-0.4, -0.2) is 5.91 Å². The van der Waals surface area contributed by atoms with E-state index < -0.39 is 0 Å². The van der Waals surface area contributed by atoms with E-state index in [0.717, 1.165) is 21.7 Å². The Morgan fingerprint density at radius 3 is 2.50 bits per heavy atom. The maximum absolute atomic E-state index is 12.4. The van der Waals surface area contributed by atoms with Gasteiger partial charge in [-0.1, -0.05) is 48.0 Å². The molecule has 1 N–H and O–H groups in total. The minimum absolute atomic E-state index is 0.0844. The molecule has 0 bridgehead atoms. The molecule has 1 aliphatic carbocycles. The number of halogens is 1. The van der Waals surface area contributed by atoms with Crippen LogP contribution in [0.3, 0.4) is 0 Å². The highest BCUT2D eigenvalue weighted by molar-refractivity contribution is 6.30. The Hall–Kier alpha value is -1.80. The van der Waals surface area contributed by atoms with Crippen LogP contribution < -0.4 is 5.32 Å². The van der Waals surface area contributed by atoms with E-state index in [4.69, 9.17) is 11.6 Å². The van der Waals surface area contributed by atoms with Crippen LogP contribution in [0.15, 0.2) is 48.5 Å². The lowest BCUT2D eigenvalue weighted by Gasteiger charge is -2.19. The molecular formula is C19H20ClNO. The third-order valence-electron chi connectivity index (χ3n) is 4.25. The van der Waals surface area contributed by atoms with E-state index >= 15 is 0 Å². The zero-order valence-corrected chi connectivity index (χ0v) is 13.4. The summed E-state index contributed by atoms with van der Waals surface area (Å²) in [6, 6.07) is 15.9. The maximum atomic E-state index is 12.4. The summed E-state index contributed by atoms with van der Waals surface area (Å²) in [4.78, 5) is 12.4. The molecule has 2 aromatic rings. The van der Waals surface area contributed by atoms with Crippen LogP contribution in [0.1, 0.15) is 35.6 Å². The van der Waals surface area contributed by atoms with Gasteiger partial charge in [-0.15, -0.1) is 0 Å². The average molecular weight is 314 g/mol. The summed E-state index contributed by atoms with van der Waals surface area (Å²) in [5, 5.41) is 3.93. The summed E-state index contributed by atoms with van der Waals surface area (Å²) in [5.41, 5.74) is 3.39. The lowest BCUT2D eigenvalue weighted by atomic mass is 10.0. The van der Waals surface area contributed by atoms with Gasteiger partial charge in [0.1, 0.15) is 0 Å². The fourth-order valence-electron chi connectivity index (χ4n) is 2.78. The smallest absolute Gasteiger partial charge is 0.224 e. The van der Waals surface area contributed by atoms with Gasteiger partial charge in [0.25, 0.3) is 0 Å². The molecule has 1 unspecified atom stereocenters. The summed E-state index contributed by atoms with van der Waals surface area (Å²) in [5.74, 6) is 0.642. The van der Waals surface area contributed by atoms with Crippen LogP contribution in [0.2, 0.25) is 5.02 Å². The normalized spacial score (nSPS) is 15.4. The van der Waals surface area contributed by atoms with Crippen molar-refractivity contribution in [1.29, 1.82) is 0 Å². The van der Waals surface area contributed by atoms with Gasteiger partial charge in [-0.2, -0.15) is 0 Å². The number of amides is 1. The first-order valence-electron chi connectivity index (χ1n) is 7.73. The zero-order valence-electron chi connectivity index (χ0n) is 12.7. The number of benzene rings is 2. The van der Waals surface area contributed by atoms with Crippen molar-refractivity contribution in [1.82, 2.24) is 5.32 Å². The fraction of sp³-hybridized carbons (Fsp3) is 0.316. The molecule has 3 rings (SSSR count). The number of hydrogen-bond donors (Lipinski definition) is 1. The van der Waals surface area contributed by atoms with E-state index in [0.29, 0.717) is 12.3 Å². The van der Waals surface area contributed by atoms with E-state index in [1.54, 1.807) is 0 Å². The number of rotatable bonds is 5. The first-order chi connectivity index (χ1) is 10.6. The van der Waals surface area contributed by atoms with Gasteiger partial charge in [0.2, 0.25) is 5.91 Å². The maximum Gasteiger partial charge on any atom is 0.224 e. The molecule has 2 nitrogen and oxygen atoms in total. The van der Waals surface area contributed by atoms with E-state index in [2.05, 4.69) is 5.32 Å². The van der Waals surface area contributed by atoms with Crippen LogP contribution in [0.4, 0.5) is 0 Å². The van der Waals surface area contributed by atoms with Crippen molar-refractivity contribution in [3.8, 4) is 0 Å². The molecule has 1 aliphatic rings. The van der Waals surface area contributed by atoms with Gasteiger partial charge in [0.15, 0.2) is 0 Å². The van der Waals surface area contributed by atoms with Crippen LogP contribution in [0, 0.1) is 12.8 Å². The van der Waals surface area contributed by atoms with Crippen molar-refractivity contribution >= 4 is 17.5 Å². The van der Waals surface area contributed by atoms with Gasteiger partial charge >= 0.3 is 0 Å². The molecule has 1 amide bonds. The fourth-order valence-corrected chi connectivity index (χ4v) is 2.90. The Morgan fingerprint density at radius 1 is 1.18 bits per heavy atom. The highest BCUT2D eigenvalue weighted by Crippen LogP contribution is 2.41. The summed E-state index contributed by atoms with van der Waals surface area (Å²) >= 11 is 5.95. The number of carbonyl (C=O) groups excluding carboxylic acids is 1. The molecule has 0 radical (unpaired) electrons. The minimum atomic E-state index is 0.0844. The van der Waals surface area contributed by atoms with Gasteiger partial charge < -0.3 is 5.32 Å². The van der Waals surface area contributed by atoms with Crippen molar-refractivity contribution in [2.45, 2.75) is 32.2 Å². The van der Waals surface area contributed by atoms with Crippen molar-refractivity contribution in [3.05, 3.63) is 70.2 Å². The van der Waals surface area contributed by atoms with Crippen molar-refractivity contribution in [2.75, 3.05) is 0 Å². The van der Waals surface area contributed by atoms with Gasteiger partial charge in [-0.25, -0.2) is 0 Å². The zero-order chi connectivity index (χ0) is 15.5. The van der Waals surface area contributed by atoms with Gasteiger partial charge in [-0.3, -0.25) is 4.79 Å². The Balaban J connectivity index is 1.70.